The van der Waals surface area contributed by atoms with Crippen molar-refractivity contribution in [1.82, 2.24) is 5.43 Å². The number of hydrazone groups is 1. The third-order valence-corrected chi connectivity index (χ3v) is 2.95. The number of hydrogen-bond acceptors (Lipinski definition) is 4. The van der Waals surface area contributed by atoms with Crippen LogP contribution >= 0.6 is 11.6 Å². The summed E-state index contributed by atoms with van der Waals surface area (Å²) in [5.74, 6) is -0.359. The lowest BCUT2D eigenvalue weighted by atomic mass is 10.1. The van der Waals surface area contributed by atoms with Crippen molar-refractivity contribution in [3.8, 4) is 0 Å². The Kier molecular flexibility index (Phi) is 5.68. The molecule has 0 aliphatic carbocycles. The van der Waals surface area contributed by atoms with Crippen LogP contribution in [0.2, 0.25) is 5.02 Å². The highest BCUT2D eigenvalue weighted by molar-refractivity contribution is 6.38. The Labute approximate surface area is 133 Å². The van der Waals surface area contributed by atoms with Crippen LogP contribution in [-0.4, -0.2) is 24.9 Å². The molecule has 0 atom stereocenters. The summed E-state index contributed by atoms with van der Waals surface area (Å²) in [6, 6.07) is 15.9. The van der Waals surface area contributed by atoms with Crippen LogP contribution in [0.25, 0.3) is 0 Å². The van der Waals surface area contributed by atoms with Crippen LogP contribution in [0.5, 0.6) is 0 Å². The normalized spacial score (nSPS) is 11.5. The fourth-order valence-corrected chi connectivity index (χ4v) is 1.88. The molecule has 0 bridgehead atoms. The van der Waals surface area contributed by atoms with E-state index in [0.717, 1.165) is 5.56 Å². The summed E-state index contributed by atoms with van der Waals surface area (Å²) >= 11 is 5.86. The van der Waals surface area contributed by atoms with Crippen molar-refractivity contribution >= 4 is 29.4 Å². The summed E-state index contributed by atoms with van der Waals surface area (Å²) in [6.07, 6.45) is 1.42. The standard InChI is InChI=1S/C16H14ClN3O2/c1-22-18-11-15(12-6-3-2-4-7-12)19-20-16(21)13-8-5-9-14(17)10-13/h2-11H,1H3,(H,20,21). The first-order valence-electron chi connectivity index (χ1n) is 6.46. The third kappa shape index (κ3) is 4.43. The highest BCUT2D eigenvalue weighted by Crippen LogP contribution is 2.10. The van der Waals surface area contributed by atoms with Gasteiger partial charge in [0.1, 0.15) is 12.8 Å². The van der Waals surface area contributed by atoms with E-state index < -0.39 is 0 Å². The van der Waals surface area contributed by atoms with Gasteiger partial charge in [-0.25, -0.2) is 5.43 Å². The summed E-state index contributed by atoms with van der Waals surface area (Å²) in [5.41, 5.74) is 4.17. The first kappa shape index (κ1) is 15.7. The van der Waals surface area contributed by atoms with Crippen LogP contribution in [0.4, 0.5) is 0 Å². The van der Waals surface area contributed by atoms with E-state index >= 15 is 0 Å². The Morgan fingerprint density at radius 1 is 1.14 bits per heavy atom. The molecule has 2 aromatic rings. The summed E-state index contributed by atoms with van der Waals surface area (Å²) in [6.45, 7) is 0. The average molecular weight is 316 g/mol. The molecule has 5 nitrogen and oxygen atoms in total. The number of carbonyl (C=O) groups is 1. The molecule has 0 radical (unpaired) electrons. The molecule has 1 amide bonds. The van der Waals surface area contributed by atoms with Gasteiger partial charge in [-0.1, -0.05) is 53.2 Å². The molecule has 0 aliphatic rings. The zero-order valence-corrected chi connectivity index (χ0v) is 12.6. The number of benzene rings is 2. The van der Waals surface area contributed by atoms with E-state index in [1.54, 1.807) is 24.3 Å². The highest BCUT2D eigenvalue weighted by atomic mass is 35.5. The molecule has 6 heteroatoms. The van der Waals surface area contributed by atoms with Gasteiger partial charge < -0.3 is 4.84 Å². The number of hydrogen-bond donors (Lipinski definition) is 1. The van der Waals surface area contributed by atoms with Crippen molar-refractivity contribution in [1.29, 1.82) is 0 Å². The Morgan fingerprint density at radius 3 is 2.55 bits per heavy atom. The van der Waals surface area contributed by atoms with Crippen LogP contribution in [0.15, 0.2) is 64.9 Å². The van der Waals surface area contributed by atoms with Gasteiger partial charge in [-0.3, -0.25) is 4.79 Å². The number of halogens is 1. The van der Waals surface area contributed by atoms with Crippen molar-refractivity contribution in [2.75, 3.05) is 7.11 Å². The average Bonchev–Trinajstić information content (AvgIpc) is 2.55. The van der Waals surface area contributed by atoms with Gasteiger partial charge >= 0.3 is 0 Å². The second-order valence-electron chi connectivity index (χ2n) is 4.23. The van der Waals surface area contributed by atoms with Gasteiger partial charge in [0.25, 0.3) is 5.91 Å². The van der Waals surface area contributed by atoms with Crippen molar-refractivity contribution < 1.29 is 9.63 Å². The Balaban J connectivity index is 2.19. The predicted octanol–water partition coefficient (Wildman–Crippen LogP) is 3.11. The lowest BCUT2D eigenvalue weighted by molar-refractivity contribution is 0.0955. The van der Waals surface area contributed by atoms with E-state index in [4.69, 9.17) is 11.6 Å². The molecule has 0 saturated carbocycles. The van der Waals surface area contributed by atoms with E-state index in [1.807, 2.05) is 30.3 Å². The SMILES string of the molecule is CON=CC(=NNC(=O)c1cccc(Cl)c1)c1ccccc1. The van der Waals surface area contributed by atoms with Gasteiger partial charge in [0.2, 0.25) is 0 Å². The fraction of sp³-hybridized carbons (Fsp3) is 0.0625. The number of oxime groups is 1. The third-order valence-electron chi connectivity index (χ3n) is 2.71. The maximum atomic E-state index is 12.1. The summed E-state index contributed by atoms with van der Waals surface area (Å²) in [7, 11) is 1.43. The van der Waals surface area contributed by atoms with Crippen LogP contribution in [0.3, 0.4) is 0 Å². The molecule has 0 heterocycles. The quantitative estimate of drug-likeness (QED) is 0.680. The van der Waals surface area contributed by atoms with E-state index in [2.05, 4.69) is 20.5 Å². The lowest BCUT2D eigenvalue weighted by Crippen LogP contribution is -2.20. The molecule has 0 unspecified atom stereocenters. The minimum Gasteiger partial charge on any atom is -0.399 e. The fourth-order valence-electron chi connectivity index (χ4n) is 1.68. The van der Waals surface area contributed by atoms with Crippen molar-refractivity contribution in [3.63, 3.8) is 0 Å². The van der Waals surface area contributed by atoms with Gasteiger partial charge in [0.05, 0.1) is 6.21 Å². The largest absolute Gasteiger partial charge is 0.399 e. The maximum Gasteiger partial charge on any atom is 0.271 e. The van der Waals surface area contributed by atoms with Gasteiger partial charge in [0, 0.05) is 16.1 Å². The molecule has 0 fully saturated rings. The zero-order valence-electron chi connectivity index (χ0n) is 11.9. The molecule has 2 aromatic carbocycles. The van der Waals surface area contributed by atoms with Crippen molar-refractivity contribution in [2.45, 2.75) is 0 Å². The molecule has 0 spiro atoms. The Morgan fingerprint density at radius 2 is 1.86 bits per heavy atom. The van der Waals surface area contributed by atoms with Gasteiger partial charge in [-0.15, -0.1) is 0 Å². The van der Waals surface area contributed by atoms with Crippen LogP contribution in [0.1, 0.15) is 15.9 Å². The molecule has 0 aliphatic heterocycles. The molecule has 1 N–H and O–H groups in total. The molecule has 112 valence electrons. The van der Waals surface area contributed by atoms with Gasteiger partial charge in [-0.2, -0.15) is 5.10 Å². The van der Waals surface area contributed by atoms with E-state index in [-0.39, 0.29) is 5.91 Å². The molecule has 0 aromatic heterocycles. The second kappa shape index (κ2) is 7.95. The van der Waals surface area contributed by atoms with Crippen molar-refractivity contribution in [2.24, 2.45) is 10.3 Å². The van der Waals surface area contributed by atoms with Crippen LogP contribution < -0.4 is 5.43 Å². The number of carbonyl (C=O) groups excluding carboxylic acids is 1. The number of rotatable bonds is 5. The van der Waals surface area contributed by atoms with Gasteiger partial charge in [-0.05, 0) is 18.2 Å². The number of nitrogens with one attached hydrogen (secondary N) is 1. The topological polar surface area (TPSA) is 63.1 Å². The Bertz CT molecular complexity index is 700. The number of nitrogens with zero attached hydrogens (tertiary/aromatic N) is 2. The lowest BCUT2D eigenvalue weighted by Gasteiger charge is -2.03. The molecule has 22 heavy (non-hydrogen) atoms. The zero-order chi connectivity index (χ0) is 15.8. The summed E-state index contributed by atoms with van der Waals surface area (Å²) in [4.78, 5) is 16.7. The monoisotopic (exact) mass is 315 g/mol. The minimum atomic E-state index is -0.359. The molecular weight excluding hydrogens is 302 g/mol. The Hall–Kier alpha value is -2.66. The first-order chi connectivity index (χ1) is 10.7. The van der Waals surface area contributed by atoms with E-state index in [9.17, 15) is 4.79 Å². The van der Waals surface area contributed by atoms with Crippen LogP contribution in [-0.2, 0) is 4.84 Å². The van der Waals surface area contributed by atoms with E-state index in [1.165, 1.54) is 13.3 Å². The summed E-state index contributed by atoms with van der Waals surface area (Å²) < 4.78 is 0. The first-order valence-corrected chi connectivity index (χ1v) is 6.84. The predicted molar refractivity (Wildman–Crippen MR) is 87.4 cm³/mol. The number of amides is 1. The van der Waals surface area contributed by atoms with Crippen LogP contribution in [0, 0.1) is 0 Å². The highest BCUT2D eigenvalue weighted by Gasteiger charge is 2.06. The van der Waals surface area contributed by atoms with Gasteiger partial charge in [0.15, 0.2) is 0 Å². The smallest absolute Gasteiger partial charge is 0.271 e. The summed E-state index contributed by atoms with van der Waals surface area (Å²) in [5, 5.41) is 8.25. The van der Waals surface area contributed by atoms with Crippen molar-refractivity contribution in [3.05, 3.63) is 70.7 Å². The molecule has 0 saturated heterocycles. The molecule has 2 rings (SSSR count). The maximum absolute atomic E-state index is 12.1. The van der Waals surface area contributed by atoms with E-state index in [0.29, 0.717) is 16.3 Å². The minimum absolute atomic E-state index is 0.359. The molecular formula is C16H14ClN3O2. The second-order valence-corrected chi connectivity index (χ2v) is 4.67.